The van der Waals surface area contributed by atoms with Crippen LogP contribution in [0.1, 0.15) is 58.8 Å². The van der Waals surface area contributed by atoms with Crippen molar-refractivity contribution in [1.82, 2.24) is 0 Å². The van der Waals surface area contributed by atoms with E-state index in [1.54, 1.807) is 0 Å². The average Bonchev–Trinajstić information content (AvgIpc) is 2.76. The van der Waals surface area contributed by atoms with Crippen LogP contribution in [0.5, 0.6) is 0 Å². The lowest BCUT2D eigenvalue weighted by Gasteiger charge is -2.59. The first-order valence-corrected chi connectivity index (χ1v) is 8.79. The molecule has 0 aromatic heterocycles. The first-order valence-electron chi connectivity index (χ1n) is 8.79. The molecule has 118 valence electrons. The Hall–Kier alpha value is -0.570. The Labute approximate surface area is 127 Å². The third-order valence-corrected chi connectivity index (χ3v) is 7.97. The molecular weight excluding hydrogens is 264 g/mol. The minimum atomic E-state index is -0.0989. The Morgan fingerprint density at radius 2 is 1.81 bits per heavy atom. The zero-order chi connectivity index (χ0) is 14.8. The molecule has 1 N–H and O–H groups in total. The lowest BCUT2D eigenvalue weighted by molar-refractivity contribution is -0.181. The molecule has 1 saturated heterocycles. The number of carbonyl (C=O) groups is 1. The number of aliphatic hydroxyl groups excluding tert-OH is 1. The second-order valence-corrected chi connectivity index (χ2v) is 8.66. The summed E-state index contributed by atoms with van der Waals surface area (Å²) in [4.78, 5) is 11.6. The van der Waals surface area contributed by atoms with Crippen LogP contribution < -0.4 is 0 Å². The van der Waals surface area contributed by atoms with E-state index in [1.807, 2.05) is 0 Å². The molecule has 3 nitrogen and oxygen atoms in total. The zero-order valence-corrected chi connectivity index (χ0v) is 13.3. The Morgan fingerprint density at radius 3 is 2.62 bits per heavy atom. The summed E-state index contributed by atoms with van der Waals surface area (Å²) in [7, 11) is 0. The normalized spacial score (nSPS) is 56.1. The fourth-order valence-electron chi connectivity index (χ4n) is 6.56. The molecule has 3 aliphatic carbocycles. The predicted molar refractivity (Wildman–Crippen MR) is 79.5 cm³/mol. The molecule has 0 amide bonds. The number of aliphatic hydroxyl groups is 1. The predicted octanol–water partition coefficient (Wildman–Crippen LogP) is 3.15. The van der Waals surface area contributed by atoms with Gasteiger partial charge < -0.3 is 9.84 Å². The van der Waals surface area contributed by atoms with Crippen molar-refractivity contribution in [2.45, 2.75) is 64.9 Å². The number of carbonyl (C=O) groups excluding carboxylic acids is 1. The van der Waals surface area contributed by atoms with Gasteiger partial charge in [-0.05, 0) is 67.6 Å². The highest BCUT2D eigenvalue weighted by molar-refractivity contribution is 5.70. The first-order chi connectivity index (χ1) is 9.95. The number of hydrogen-bond acceptors (Lipinski definition) is 3. The summed E-state index contributed by atoms with van der Waals surface area (Å²) in [6.45, 7) is 5.32. The number of cyclic esters (lactones) is 1. The minimum Gasteiger partial charge on any atom is -0.465 e. The summed E-state index contributed by atoms with van der Waals surface area (Å²) in [5.74, 6) is 2.64. The maximum Gasteiger partial charge on any atom is 0.306 e. The second-order valence-electron chi connectivity index (χ2n) is 8.66. The zero-order valence-electron chi connectivity index (χ0n) is 13.3. The van der Waals surface area contributed by atoms with Gasteiger partial charge in [0.1, 0.15) is 0 Å². The van der Waals surface area contributed by atoms with Gasteiger partial charge in [-0.3, -0.25) is 4.79 Å². The molecule has 0 spiro atoms. The fourth-order valence-corrected chi connectivity index (χ4v) is 6.56. The summed E-state index contributed by atoms with van der Waals surface area (Å²) < 4.78 is 5.47. The monoisotopic (exact) mass is 292 g/mol. The summed E-state index contributed by atoms with van der Waals surface area (Å²) in [6.07, 6.45) is 7.50. The van der Waals surface area contributed by atoms with E-state index in [-0.39, 0.29) is 22.9 Å². The maximum absolute atomic E-state index is 11.6. The SMILES string of the molecule is C[C@]12COC(=O)C[C@@H]1CC[C@H]1[C@H]2CC[C@@]2(C)[C@@H](O)CC[C@@H]12. The first kappa shape index (κ1) is 14.0. The van der Waals surface area contributed by atoms with E-state index in [1.165, 1.54) is 25.7 Å². The van der Waals surface area contributed by atoms with Crippen LogP contribution in [0.15, 0.2) is 0 Å². The Morgan fingerprint density at radius 1 is 1.05 bits per heavy atom. The molecule has 0 unspecified atom stereocenters. The van der Waals surface area contributed by atoms with Crippen LogP contribution in [-0.2, 0) is 9.53 Å². The van der Waals surface area contributed by atoms with E-state index < -0.39 is 0 Å². The topological polar surface area (TPSA) is 46.5 Å². The van der Waals surface area contributed by atoms with Crippen molar-refractivity contribution in [3.63, 3.8) is 0 Å². The van der Waals surface area contributed by atoms with Crippen LogP contribution in [0.25, 0.3) is 0 Å². The second kappa shape index (κ2) is 4.47. The standard InChI is InChI=1S/C18H28O3/c1-17-8-7-14-12(13(17)5-6-15(17)19)4-3-11-9-16(20)21-10-18(11,14)2/h11-15,19H,3-10H2,1-2H3/t11-,12+,13-,14+,15-,17+,18-/m0/s1. The molecule has 4 fully saturated rings. The lowest BCUT2D eigenvalue weighted by Crippen LogP contribution is -2.56. The molecular formula is C18H28O3. The third kappa shape index (κ3) is 1.79. The average molecular weight is 292 g/mol. The van der Waals surface area contributed by atoms with Gasteiger partial charge in [0.25, 0.3) is 0 Å². The molecule has 7 atom stereocenters. The molecule has 3 heteroatoms. The Bertz CT molecular complexity index is 461. The van der Waals surface area contributed by atoms with Crippen LogP contribution in [0.3, 0.4) is 0 Å². The van der Waals surface area contributed by atoms with E-state index in [2.05, 4.69) is 13.8 Å². The maximum atomic E-state index is 11.6. The van der Waals surface area contributed by atoms with Crippen LogP contribution in [0, 0.1) is 34.5 Å². The molecule has 0 aromatic rings. The highest BCUT2D eigenvalue weighted by atomic mass is 16.5. The molecule has 3 saturated carbocycles. The van der Waals surface area contributed by atoms with Crippen molar-refractivity contribution in [2.75, 3.05) is 6.61 Å². The van der Waals surface area contributed by atoms with Crippen LogP contribution >= 0.6 is 0 Å². The largest absolute Gasteiger partial charge is 0.465 e. The number of hydrogen-bond donors (Lipinski definition) is 1. The van der Waals surface area contributed by atoms with E-state index in [0.717, 1.165) is 18.8 Å². The van der Waals surface area contributed by atoms with Gasteiger partial charge in [-0.15, -0.1) is 0 Å². The summed E-state index contributed by atoms with van der Waals surface area (Å²) >= 11 is 0. The molecule has 21 heavy (non-hydrogen) atoms. The number of ether oxygens (including phenoxy) is 1. The Kier molecular flexibility index (Phi) is 2.99. The quantitative estimate of drug-likeness (QED) is 0.698. The lowest BCUT2D eigenvalue weighted by atomic mass is 9.47. The molecule has 0 aromatic carbocycles. The molecule has 0 radical (unpaired) electrons. The highest BCUT2D eigenvalue weighted by Gasteiger charge is 2.60. The fraction of sp³-hybridized carbons (Fsp3) is 0.944. The summed E-state index contributed by atoms with van der Waals surface area (Å²) in [5, 5.41) is 10.4. The van der Waals surface area contributed by atoms with Gasteiger partial charge in [-0.1, -0.05) is 13.8 Å². The van der Waals surface area contributed by atoms with Crippen molar-refractivity contribution in [1.29, 1.82) is 0 Å². The van der Waals surface area contributed by atoms with Gasteiger partial charge in [0.2, 0.25) is 0 Å². The molecule has 1 heterocycles. The molecule has 4 aliphatic rings. The summed E-state index contributed by atoms with van der Waals surface area (Å²) in [5.41, 5.74) is 0.335. The van der Waals surface area contributed by atoms with Gasteiger partial charge >= 0.3 is 5.97 Å². The van der Waals surface area contributed by atoms with Crippen LogP contribution in [0.4, 0.5) is 0 Å². The van der Waals surface area contributed by atoms with Gasteiger partial charge in [-0.25, -0.2) is 0 Å². The van der Waals surface area contributed by atoms with Crippen molar-refractivity contribution < 1.29 is 14.6 Å². The van der Waals surface area contributed by atoms with Crippen molar-refractivity contribution in [3.8, 4) is 0 Å². The van der Waals surface area contributed by atoms with E-state index in [4.69, 9.17) is 4.74 Å². The summed E-state index contributed by atoms with van der Waals surface area (Å²) in [6, 6.07) is 0. The van der Waals surface area contributed by atoms with Gasteiger partial charge in [0.15, 0.2) is 0 Å². The van der Waals surface area contributed by atoms with E-state index in [9.17, 15) is 9.90 Å². The Balaban J connectivity index is 1.64. The van der Waals surface area contributed by atoms with Gasteiger partial charge in [0.05, 0.1) is 12.7 Å². The smallest absolute Gasteiger partial charge is 0.306 e. The third-order valence-electron chi connectivity index (χ3n) is 7.97. The molecule has 0 bridgehead atoms. The van der Waals surface area contributed by atoms with E-state index in [0.29, 0.717) is 30.8 Å². The molecule has 1 aliphatic heterocycles. The van der Waals surface area contributed by atoms with Crippen LogP contribution in [0.2, 0.25) is 0 Å². The van der Waals surface area contributed by atoms with E-state index >= 15 is 0 Å². The van der Waals surface area contributed by atoms with Crippen molar-refractivity contribution >= 4 is 5.97 Å². The number of fused-ring (bicyclic) bond motifs is 5. The van der Waals surface area contributed by atoms with Crippen molar-refractivity contribution in [2.24, 2.45) is 34.5 Å². The number of rotatable bonds is 0. The van der Waals surface area contributed by atoms with Crippen LogP contribution in [-0.4, -0.2) is 23.8 Å². The highest BCUT2D eigenvalue weighted by Crippen LogP contribution is 2.64. The minimum absolute atomic E-state index is 0.00728. The van der Waals surface area contributed by atoms with Crippen molar-refractivity contribution in [3.05, 3.63) is 0 Å². The molecule has 4 rings (SSSR count). The van der Waals surface area contributed by atoms with Gasteiger partial charge in [-0.2, -0.15) is 0 Å². The van der Waals surface area contributed by atoms with Gasteiger partial charge in [0, 0.05) is 11.8 Å². The number of esters is 1.